The molecule has 0 fully saturated rings. The molecule has 2 heterocycles. The number of nitriles is 1. The van der Waals surface area contributed by atoms with Gasteiger partial charge in [0, 0.05) is 30.6 Å². The minimum atomic E-state index is 0.335. The van der Waals surface area contributed by atoms with E-state index < -0.39 is 0 Å². The average molecular weight is 272 g/mol. The van der Waals surface area contributed by atoms with Gasteiger partial charge in [0.15, 0.2) is 0 Å². The molecule has 0 amide bonds. The number of thiazole rings is 1. The van der Waals surface area contributed by atoms with Crippen molar-refractivity contribution in [1.82, 2.24) is 9.97 Å². The first-order chi connectivity index (χ1) is 9.20. The number of hydrogen-bond acceptors (Lipinski definition) is 5. The summed E-state index contributed by atoms with van der Waals surface area (Å²) in [6.45, 7) is 5.11. The topological polar surface area (TPSA) is 52.8 Å². The number of aromatic nitrogens is 2. The lowest BCUT2D eigenvalue weighted by atomic mass is 10.2. The molecular formula is C14H16N4S. The van der Waals surface area contributed by atoms with Crippen LogP contribution in [0.15, 0.2) is 29.8 Å². The molecule has 0 saturated carbocycles. The fourth-order valence-corrected chi connectivity index (χ4v) is 2.48. The van der Waals surface area contributed by atoms with Crippen molar-refractivity contribution in [2.45, 2.75) is 26.3 Å². The molecule has 0 bridgehead atoms. The highest BCUT2D eigenvalue weighted by Crippen LogP contribution is 2.16. The second kappa shape index (κ2) is 6.30. The Bertz CT molecular complexity index is 557. The molecule has 0 aliphatic rings. The normalized spacial score (nSPS) is 10.4. The lowest BCUT2D eigenvalue weighted by Crippen LogP contribution is -2.33. The SMILES string of the molecule is CC(C)N(CCc1nccs1)c1cccc(C#N)n1. The van der Waals surface area contributed by atoms with Gasteiger partial charge < -0.3 is 4.90 Å². The predicted octanol–water partition coefficient (Wildman–Crippen LogP) is 2.87. The third-order valence-corrected chi connectivity index (χ3v) is 3.66. The summed E-state index contributed by atoms with van der Waals surface area (Å²) >= 11 is 1.67. The monoisotopic (exact) mass is 272 g/mol. The summed E-state index contributed by atoms with van der Waals surface area (Å²) in [7, 11) is 0. The van der Waals surface area contributed by atoms with Crippen molar-refractivity contribution in [3.8, 4) is 6.07 Å². The summed E-state index contributed by atoms with van der Waals surface area (Å²) in [6.07, 6.45) is 2.72. The van der Waals surface area contributed by atoms with Crippen molar-refractivity contribution in [3.63, 3.8) is 0 Å². The molecule has 2 aromatic heterocycles. The van der Waals surface area contributed by atoms with Crippen LogP contribution in [0.1, 0.15) is 24.5 Å². The van der Waals surface area contributed by atoms with Crippen molar-refractivity contribution in [2.24, 2.45) is 0 Å². The third-order valence-electron chi connectivity index (χ3n) is 2.82. The van der Waals surface area contributed by atoms with Gasteiger partial charge in [-0.05, 0) is 26.0 Å². The maximum Gasteiger partial charge on any atom is 0.142 e. The van der Waals surface area contributed by atoms with Gasteiger partial charge in [0.2, 0.25) is 0 Å². The van der Waals surface area contributed by atoms with Gasteiger partial charge in [0.05, 0.1) is 5.01 Å². The molecule has 0 N–H and O–H groups in total. The molecule has 0 spiro atoms. The molecule has 5 heteroatoms. The molecule has 0 aromatic carbocycles. The summed E-state index contributed by atoms with van der Waals surface area (Å²) in [6, 6.07) is 7.96. The van der Waals surface area contributed by atoms with Gasteiger partial charge in [-0.1, -0.05) is 6.07 Å². The summed E-state index contributed by atoms with van der Waals surface area (Å²) in [5.74, 6) is 0.852. The summed E-state index contributed by atoms with van der Waals surface area (Å²) in [5, 5.41) is 12.0. The zero-order valence-corrected chi connectivity index (χ0v) is 11.9. The molecule has 4 nitrogen and oxygen atoms in total. The Hall–Kier alpha value is -1.93. The van der Waals surface area contributed by atoms with Crippen molar-refractivity contribution in [2.75, 3.05) is 11.4 Å². The molecule has 0 unspecified atom stereocenters. The third kappa shape index (κ3) is 3.52. The van der Waals surface area contributed by atoms with E-state index in [2.05, 4.69) is 34.8 Å². The standard InChI is InChI=1S/C14H16N4S/c1-11(2)18(8-6-14-16-7-9-19-14)13-5-3-4-12(10-15)17-13/h3-5,7,9,11H,6,8H2,1-2H3. The summed E-state index contributed by atoms with van der Waals surface area (Å²) in [5.41, 5.74) is 0.456. The first-order valence-corrected chi connectivity index (χ1v) is 7.11. The lowest BCUT2D eigenvalue weighted by Gasteiger charge is -2.27. The van der Waals surface area contributed by atoms with E-state index in [1.54, 1.807) is 17.4 Å². The predicted molar refractivity (Wildman–Crippen MR) is 77.3 cm³/mol. The molecule has 0 saturated heterocycles. The molecule has 0 radical (unpaired) electrons. The lowest BCUT2D eigenvalue weighted by molar-refractivity contribution is 0.668. The summed E-state index contributed by atoms with van der Waals surface area (Å²) < 4.78 is 0. The zero-order chi connectivity index (χ0) is 13.7. The van der Waals surface area contributed by atoms with Gasteiger partial charge in [-0.3, -0.25) is 0 Å². The Morgan fingerprint density at radius 1 is 1.42 bits per heavy atom. The molecule has 0 atom stereocenters. The quantitative estimate of drug-likeness (QED) is 0.840. The Balaban J connectivity index is 2.13. The van der Waals surface area contributed by atoms with Crippen LogP contribution in [0.5, 0.6) is 0 Å². The van der Waals surface area contributed by atoms with Gasteiger partial charge in [-0.2, -0.15) is 5.26 Å². The van der Waals surface area contributed by atoms with Crippen molar-refractivity contribution in [1.29, 1.82) is 5.26 Å². The van der Waals surface area contributed by atoms with E-state index in [0.717, 1.165) is 23.8 Å². The molecule has 2 rings (SSSR count). The number of pyridine rings is 1. The van der Waals surface area contributed by atoms with Crippen LogP contribution in [0.25, 0.3) is 0 Å². The molecule has 0 aliphatic carbocycles. The zero-order valence-electron chi connectivity index (χ0n) is 11.1. The minimum Gasteiger partial charge on any atom is -0.354 e. The van der Waals surface area contributed by atoms with Crippen LogP contribution < -0.4 is 4.90 Å². The molecule has 98 valence electrons. The van der Waals surface area contributed by atoms with E-state index in [4.69, 9.17) is 5.26 Å². The van der Waals surface area contributed by atoms with Crippen molar-refractivity contribution in [3.05, 3.63) is 40.5 Å². The molecule has 19 heavy (non-hydrogen) atoms. The fraction of sp³-hybridized carbons (Fsp3) is 0.357. The minimum absolute atomic E-state index is 0.335. The van der Waals surface area contributed by atoms with Crippen LogP contribution in [-0.4, -0.2) is 22.6 Å². The van der Waals surface area contributed by atoms with Crippen molar-refractivity contribution < 1.29 is 0 Å². The fourth-order valence-electron chi connectivity index (χ4n) is 1.88. The number of rotatable bonds is 5. The Kier molecular flexibility index (Phi) is 4.48. The van der Waals surface area contributed by atoms with Crippen LogP contribution in [0.3, 0.4) is 0 Å². The second-order valence-corrected chi connectivity index (χ2v) is 5.43. The first-order valence-electron chi connectivity index (χ1n) is 6.23. The molecule has 0 aliphatic heterocycles. The van der Waals surface area contributed by atoms with E-state index in [1.807, 2.05) is 23.7 Å². The average Bonchev–Trinajstić information content (AvgIpc) is 2.92. The molecule has 2 aromatic rings. The van der Waals surface area contributed by atoms with Gasteiger partial charge in [0.1, 0.15) is 17.6 Å². The smallest absolute Gasteiger partial charge is 0.142 e. The number of hydrogen-bond donors (Lipinski definition) is 0. The van der Waals surface area contributed by atoms with Gasteiger partial charge in [0.25, 0.3) is 0 Å². The van der Waals surface area contributed by atoms with E-state index in [-0.39, 0.29) is 0 Å². The number of nitrogens with zero attached hydrogens (tertiary/aromatic N) is 4. The van der Waals surface area contributed by atoms with Crippen LogP contribution in [-0.2, 0) is 6.42 Å². The van der Waals surface area contributed by atoms with Gasteiger partial charge >= 0.3 is 0 Å². The maximum absolute atomic E-state index is 8.92. The number of anilines is 1. The van der Waals surface area contributed by atoms with Crippen molar-refractivity contribution >= 4 is 17.2 Å². The van der Waals surface area contributed by atoms with E-state index >= 15 is 0 Å². The highest BCUT2D eigenvalue weighted by molar-refractivity contribution is 7.09. The Labute approximate surface area is 117 Å². The van der Waals surface area contributed by atoms with Gasteiger partial charge in [-0.15, -0.1) is 11.3 Å². The van der Waals surface area contributed by atoms with Crippen LogP contribution in [0.4, 0.5) is 5.82 Å². The highest BCUT2D eigenvalue weighted by atomic mass is 32.1. The Morgan fingerprint density at radius 2 is 2.26 bits per heavy atom. The highest BCUT2D eigenvalue weighted by Gasteiger charge is 2.13. The summed E-state index contributed by atoms with van der Waals surface area (Å²) in [4.78, 5) is 10.9. The molecular weight excluding hydrogens is 256 g/mol. The first kappa shape index (κ1) is 13.5. The van der Waals surface area contributed by atoms with E-state index in [9.17, 15) is 0 Å². The Morgan fingerprint density at radius 3 is 2.89 bits per heavy atom. The van der Waals surface area contributed by atoms with E-state index in [1.165, 1.54) is 0 Å². The second-order valence-electron chi connectivity index (χ2n) is 4.46. The van der Waals surface area contributed by atoms with Crippen LogP contribution in [0.2, 0.25) is 0 Å². The van der Waals surface area contributed by atoms with E-state index in [0.29, 0.717) is 11.7 Å². The van der Waals surface area contributed by atoms with Crippen LogP contribution >= 0.6 is 11.3 Å². The van der Waals surface area contributed by atoms with Crippen LogP contribution in [0, 0.1) is 11.3 Å². The largest absolute Gasteiger partial charge is 0.354 e. The maximum atomic E-state index is 8.92. The van der Waals surface area contributed by atoms with Gasteiger partial charge in [-0.25, -0.2) is 9.97 Å².